The van der Waals surface area contributed by atoms with Gasteiger partial charge in [-0.25, -0.2) is 0 Å². The standard InChI is InChI=1S/C75H135N2O6P/c1-6-8-10-12-14-16-18-20-22-24-26-28-30-32-34-36-38-40-42-44-46-48-50-52-54-56-58-60-62-64-66-68-74(78)73(72-83-84(80,81)82-71-70-77(3,4)5)76-75(79)69-67-65-63-61-59-57-55-53-51-49-47-45-43-41-39-37-35-33-31-29-27-25-23-21-19-17-15-13-11-9-7-2/h9,11,15,17,21,23,27,29,33,35,39,41,45,47,58,60,66,68,73-74,78H,6-8,10,12-14,16,18-20,22,24-26,28,30-32,34,36-38,40,42-44,46,48-57,59,61-65,67,69-72H2,1-5H3,(H-,76,79,80,81)/b11-9-,17-15-,23-21-,29-27-,35-33-,41-39-,47-45-,60-58+,68-66+. The highest BCUT2D eigenvalue weighted by molar-refractivity contribution is 7.45. The Morgan fingerprint density at radius 2 is 0.738 bits per heavy atom. The molecule has 0 saturated carbocycles. The molecule has 9 heteroatoms. The minimum Gasteiger partial charge on any atom is -0.756 e. The van der Waals surface area contributed by atoms with E-state index >= 15 is 0 Å². The van der Waals surface area contributed by atoms with Crippen molar-refractivity contribution >= 4 is 13.7 Å². The maximum atomic E-state index is 13.0. The van der Waals surface area contributed by atoms with Crippen LogP contribution in [0, 0.1) is 0 Å². The number of amides is 1. The molecule has 3 atom stereocenters. The first kappa shape index (κ1) is 81.2. The van der Waals surface area contributed by atoms with Crippen molar-refractivity contribution in [3.63, 3.8) is 0 Å². The minimum atomic E-state index is -4.62. The van der Waals surface area contributed by atoms with Crippen molar-refractivity contribution in [2.24, 2.45) is 0 Å². The van der Waals surface area contributed by atoms with Crippen molar-refractivity contribution in [1.29, 1.82) is 0 Å². The average molecular weight is 1190 g/mol. The average Bonchev–Trinajstić information content (AvgIpc) is 3.56. The Hall–Kier alpha value is -2.84. The monoisotopic (exact) mass is 1190 g/mol. The summed E-state index contributed by atoms with van der Waals surface area (Å²) < 4.78 is 23.4. The van der Waals surface area contributed by atoms with E-state index in [0.717, 1.165) is 96.3 Å². The van der Waals surface area contributed by atoms with Gasteiger partial charge in [-0.1, -0.05) is 322 Å². The maximum absolute atomic E-state index is 13.0. The summed E-state index contributed by atoms with van der Waals surface area (Å²) in [5.41, 5.74) is 0. The summed E-state index contributed by atoms with van der Waals surface area (Å²) >= 11 is 0. The van der Waals surface area contributed by atoms with E-state index in [1.165, 1.54) is 193 Å². The molecule has 2 N–H and O–H groups in total. The Bertz CT molecular complexity index is 1740. The summed E-state index contributed by atoms with van der Waals surface area (Å²) in [7, 11) is 1.23. The zero-order chi connectivity index (χ0) is 61.2. The first-order chi connectivity index (χ1) is 41.0. The Kier molecular flexibility index (Phi) is 62.4. The number of quaternary nitrogens is 1. The molecule has 1 amide bonds. The number of phosphoric ester groups is 1. The van der Waals surface area contributed by atoms with E-state index in [2.05, 4.69) is 116 Å². The van der Waals surface area contributed by atoms with Gasteiger partial charge in [0, 0.05) is 6.42 Å². The van der Waals surface area contributed by atoms with E-state index in [1.54, 1.807) is 6.08 Å². The van der Waals surface area contributed by atoms with E-state index in [4.69, 9.17) is 9.05 Å². The number of hydrogen-bond acceptors (Lipinski definition) is 6. The van der Waals surface area contributed by atoms with E-state index in [1.807, 2.05) is 27.2 Å². The third kappa shape index (κ3) is 66.7. The number of carbonyl (C=O) groups excluding carboxylic acids is 1. The van der Waals surface area contributed by atoms with Gasteiger partial charge in [0.1, 0.15) is 13.2 Å². The number of unbranched alkanes of at least 4 members (excludes halogenated alkanes) is 35. The van der Waals surface area contributed by atoms with Crippen LogP contribution in [0.1, 0.15) is 309 Å². The topological polar surface area (TPSA) is 108 Å². The summed E-state index contributed by atoms with van der Waals surface area (Å²) in [5.74, 6) is -0.215. The van der Waals surface area contributed by atoms with Crippen LogP contribution in [0.15, 0.2) is 109 Å². The third-order valence-electron chi connectivity index (χ3n) is 15.5. The molecule has 0 spiro atoms. The van der Waals surface area contributed by atoms with Crippen LogP contribution in [0.2, 0.25) is 0 Å². The number of hydrogen-bond donors (Lipinski definition) is 2. The van der Waals surface area contributed by atoms with Gasteiger partial charge in [-0.3, -0.25) is 9.36 Å². The van der Waals surface area contributed by atoms with Crippen molar-refractivity contribution in [3.05, 3.63) is 109 Å². The highest BCUT2D eigenvalue weighted by Crippen LogP contribution is 2.38. The number of allylic oxidation sites excluding steroid dienone is 17. The van der Waals surface area contributed by atoms with Crippen LogP contribution in [0.25, 0.3) is 0 Å². The summed E-state index contributed by atoms with van der Waals surface area (Å²) in [4.78, 5) is 25.6. The maximum Gasteiger partial charge on any atom is 0.268 e. The molecule has 84 heavy (non-hydrogen) atoms. The first-order valence-electron chi connectivity index (χ1n) is 35.2. The van der Waals surface area contributed by atoms with Crippen LogP contribution in [-0.4, -0.2) is 68.5 Å². The molecule has 0 aromatic rings. The first-order valence-corrected chi connectivity index (χ1v) is 36.7. The second-order valence-electron chi connectivity index (χ2n) is 24.8. The van der Waals surface area contributed by atoms with Crippen molar-refractivity contribution < 1.29 is 32.9 Å². The van der Waals surface area contributed by atoms with Gasteiger partial charge in [0.25, 0.3) is 7.82 Å². The van der Waals surface area contributed by atoms with Crippen molar-refractivity contribution in [2.45, 2.75) is 321 Å². The zero-order valence-corrected chi connectivity index (χ0v) is 56.5. The van der Waals surface area contributed by atoms with E-state index in [-0.39, 0.29) is 12.5 Å². The summed E-state index contributed by atoms with van der Waals surface area (Å²) in [6.45, 7) is 4.53. The molecule has 0 fully saturated rings. The van der Waals surface area contributed by atoms with Gasteiger partial charge in [0.2, 0.25) is 5.91 Å². The van der Waals surface area contributed by atoms with Gasteiger partial charge in [0.05, 0.1) is 39.9 Å². The molecule has 0 saturated heterocycles. The highest BCUT2D eigenvalue weighted by atomic mass is 31.2. The Morgan fingerprint density at radius 3 is 1.11 bits per heavy atom. The molecule has 0 heterocycles. The highest BCUT2D eigenvalue weighted by Gasteiger charge is 2.23. The number of aliphatic hydroxyl groups is 1. The molecule has 0 aliphatic heterocycles. The van der Waals surface area contributed by atoms with Gasteiger partial charge in [-0.2, -0.15) is 0 Å². The lowest BCUT2D eigenvalue weighted by Gasteiger charge is -2.29. The molecule has 0 aromatic heterocycles. The molecule has 0 bridgehead atoms. The molecule has 0 aromatic carbocycles. The fourth-order valence-electron chi connectivity index (χ4n) is 10.0. The molecule has 3 unspecified atom stereocenters. The summed E-state index contributed by atoms with van der Waals surface area (Å²) in [6, 6.07) is -0.917. The predicted octanol–water partition coefficient (Wildman–Crippen LogP) is 22.0. The molecule has 8 nitrogen and oxygen atoms in total. The fraction of sp³-hybridized carbons (Fsp3) is 0.747. The molecule has 0 radical (unpaired) electrons. The van der Waals surface area contributed by atoms with Crippen molar-refractivity contribution in [1.82, 2.24) is 5.32 Å². The molecule has 0 rings (SSSR count). The number of phosphoric acid groups is 1. The van der Waals surface area contributed by atoms with Crippen molar-refractivity contribution in [3.8, 4) is 0 Å². The van der Waals surface area contributed by atoms with Crippen LogP contribution in [0.5, 0.6) is 0 Å². The fourth-order valence-corrected chi connectivity index (χ4v) is 10.8. The van der Waals surface area contributed by atoms with Gasteiger partial charge in [0.15, 0.2) is 0 Å². The van der Waals surface area contributed by atoms with E-state index in [9.17, 15) is 19.4 Å². The van der Waals surface area contributed by atoms with Crippen LogP contribution in [0.3, 0.4) is 0 Å². The van der Waals surface area contributed by atoms with Crippen LogP contribution in [-0.2, 0) is 18.4 Å². The minimum absolute atomic E-state index is 0.0125. The normalized spacial score (nSPS) is 14.3. The Morgan fingerprint density at radius 1 is 0.429 bits per heavy atom. The lowest BCUT2D eigenvalue weighted by molar-refractivity contribution is -0.870. The van der Waals surface area contributed by atoms with Crippen LogP contribution < -0.4 is 10.2 Å². The number of carbonyl (C=O) groups is 1. The lowest BCUT2D eigenvalue weighted by atomic mass is 10.0. The number of likely N-dealkylation sites (N-methyl/N-ethyl adjacent to an activating group) is 1. The van der Waals surface area contributed by atoms with Gasteiger partial charge >= 0.3 is 0 Å². The molecular weight excluding hydrogens is 1060 g/mol. The number of nitrogens with zero attached hydrogens (tertiary/aromatic N) is 1. The second kappa shape index (κ2) is 64.6. The van der Waals surface area contributed by atoms with Crippen LogP contribution >= 0.6 is 7.82 Å². The van der Waals surface area contributed by atoms with Gasteiger partial charge in [-0.05, 0) is 89.9 Å². The second-order valence-corrected chi connectivity index (χ2v) is 26.3. The molecule has 0 aliphatic rings. The third-order valence-corrected chi connectivity index (χ3v) is 16.4. The number of nitrogens with one attached hydrogen (secondary N) is 1. The molecule has 486 valence electrons. The number of rotatable bonds is 64. The van der Waals surface area contributed by atoms with Gasteiger partial charge in [-0.15, -0.1) is 0 Å². The molecular formula is C75H135N2O6P. The van der Waals surface area contributed by atoms with Crippen LogP contribution in [0.4, 0.5) is 0 Å². The quantitative estimate of drug-likeness (QED) is 0.0272. The number of aliphatic hydroxyl groups excluding tert-OH is 1. The lowest BCUT2D eigenvalue weighted by Crippen LogP contribution is -2.45. The Balaban J connectivity index is 4.16. The predicted molar refractivity (Wildman–Crippen MR) is 366 cm³/mol. The van der Waals surface area contributed by atoms with E-state index < -0.39 is 26.6 Å². The Labute approximate surface area is 521 Å². The van der Waals surface area contributed by atoms with E-state index in [0.29, 0.717) is 17.4 Å². The summed E-state index contributed by atoms with van der Waals surface area (Å²) in [6.07, 6.45) is 95.0. The van der Waals surface area contributed by atoms with Crippen molar-refractivity contribution in [2.75, 3.05) is 40.9 Å². The van der Waals surface area contributed by atoms with Gasteiger partial charge < -0.3 is 28.8 Å². The largest absolute Gasteiger partial charge is 0.756 e. The summed E-state index contributed by atoms with van der Waals surface area (Å²) in [5, 5.41) is 13.9. The smallest absolute Gasteiger partial charge is 0.268 e. The molecule has 0 aliphatic carbocycles. The zero-order valence-electron chi connectivity index (χ0n) is 55.6. The SMILES string of the molecule is CC/C=C\C/C=C\C/C=C\C/C=C\C/C=C\C/C=C\C/C=C\CCCCCCCCCCCC(=O)NC(COP(=O)([O-])OCC[N+](C)(C)C)C(O)/C=C/CC/C=C/CCCCCCCCCCCCCCCCCCCCCCCCCCC.